The SMILES string of the molecule is C=C.CCCC.CN/N=C(\C)C1CCN(C(C)=O)CC1. The van der Waals surface area contributed by atoms with Gasteiger partial charge >= 0.3 is 0 Å². The van der Waals surface area contributed by atoms with Crippen LogP contribution in [-0.2, 0) is 4.79 Å². The quantitative estimate of drug-likeness (QED) is 0.490. The average Bonchev–Trinajstić information content (AvgIpc) is 2.50. The van der Waals surface area contributed by atoms with Gasteiger partial charge in [-0.3, -0.25) is 4.79 Å². The van der Waals surface area contributed by atoms with Crippen LogP contribution in [0.1, 0.15) is 53.4 Å². The molecule has 0 aromatic rings. The Hall–Kier alpha value is -1.32. The number of amides is 1. The molecule has 20 heavy (non-hydrogen) atoms. The van der Waals surface area contributed by atoms with E-state index in [9.17, 15) is 4.79 Å². The highest BCUT2D eigenvalue weighted by Gasteiger charge is 2.22. The number of rotatable bonds is 3. The summed E-state index contributed by atoms with van der Waals surface area (Å²) < 4.78 is 0. The topological polar surface area (TPSA) is 44.7 Å². The molecule has 0 aromatic heterocycles. The average molecular weight is 283 g/mol. The number of unbranched alkanes of at least 4 members (excludes halogenated alkanes) is 1. The van der Waals surface area contributed by atoms with Crippen LogP contribution in [0.4, 0.5) is 0 Å². The Labute approximate surface area is 125 Å². The minimum absolute atomic E-state index is 0.187. The van der Waals surface area contributed by atoms with Crippen LogP contribution in [0.2, 0.25) is 0 Å². The number of nitrogens with one attached hydrogen (secondary N) is 1. The van der Waals surface area contributed by atoms with Gasteiger partial charge in [-0.1, -0.05) is 26.7 Å². The monoisotopic (exact) mass is 283 g/mol. The summed E-state index contributed by atoms with van der Waals surface area (Å²) >= 11 is 0. The molecule has 118 valence electrons. The summed E-state index contributed by atoms with van der Waals surface area (Å²) in [5, 5.41) is 4.18. The molecule has 0 radical (unpaired) electrons. The molecule has 1 amide bonds. The van der Waals surface area contributed by atoms with Gasteiger partial charge in [0.05, 0.1) is 0 Å². The molecule has 0 aliphatic carbocycles. The Morgan fingerprint density at radius 3 is 1.95 bits per heavy atom. The molecule has 1 aliphatic rings. The smallest absolute Gasteiger partial charge is 0.219 e. The second kappa shape index (κ2) is 14.1. The standard InChI is InChI=1S/C10H19N3O.C4H10.C2H4/c1-8(12-11-3)10-4-6-13(7-5-10)9(2)14;1-3-4-2;1-2/h10-11H,4-7H2,1-3H3;3-4H2,1-2H3;1-2H2/b12-8+;;. The van der Waals surface area contributed by atoms with Crippen LogP contribution in [0, 0.1) is 5.92 Å². The first-order chi connectivity index (χ1) is 9.56. The Balaban J connectivity index is 0. The van der Waals surface area contributed by atoms with E-state index in [0.717, 1.165) is 31.6 Å². The van der Waals surface area contributed by atoms with E-state index in [-0.39, 0.29) is 5.91 Å². The van der Waals surface area contributed by atoms with Gasteiger partial charge in [0.2, 0.25) is 5.91 Å². The molecule has 4 nitrogen and oxygen atoms in total. The van der Waals surface area contributed by atoms with Gasteiger partial charge in [-0.25, -0.2) is 0 Å². The zero-order chi connectivity index (χ0) is 16.0. The third-order valence-electron chi connectivity index (χ3n) is 3.32. The summed E-state index contributed by atoms with van der Waals surface area (Å²) in [5.74, 6) is 0.727. The molecule has 1 heterocycles. The van der Waals surface area contributed by atoms with E-state index >= 15 is 0 Å². The van der Waals surface area contributed by atoms with Crippen LogP contribution >= 0.6 is 0 Å². The number of hydrogen-bond donors (Lipinski definition) is 1. The highest BCUT2D eigenvalue weighted by Crippen LogP contribution is 2.18. The number of likely N-dealkylation sites (tertiary alicyclic amines) is 1. The van der Waals surface area contributed by atoms with Crippen molar-refractivity contribution < 1.29 is 4.79 Å². The van der Waals surface area contributed by atoms with Gasteiger partial charge in [0.1, 0.15) is 0 Å². The Bertz CT molecular complexity index is 267. The molecule has 1 rings (SSSR count). The number of carbonyl (C=O) groups excluding carboxylic acids is 1. The molecule has 0 atom stereocenters. The molecular formula is C16H33N3O. The van der Waals surface area contributed by atoms with Crippen LogP contribution in [0.15, 0.2) is 18.3 Å². The zero-order valence-corrected chi connectivity index (χ0v) is 14.0. The number of piperidine rings is 1. The second-order valence-electron chi connectivity index (χ2n) is 4.76. The molecule has 1 N–H and O–H groups in total. The van der Waals surface area contributed by atoms with E-state index in [2.05, 4.69) is 37.5 Å². The summed E-state index contributed by atoms with van der Waals surface area (Å²) in [6, 6.07) is 0. The normalized spacial score (nSPS) is 15.4. The minimum atomic E-state index is 0.187. The van der Waals surface area contributed by atoms with Crippen molar-refractivity contribution in [2.24, 2.45) is 11.0 Å². The lowest BCUT2D eigenvalue weighted by Gasteiger charge is -2.31. The molecule has 0 bridgehead atoms. The van der Waals surface area contributed by atoms with E-state index in [1.165, 1.54) is 12.8 Å². The fraction of sp³-hybridized carbons (Fsp3) is 0.750. The highest BCUT2D eigenvalue weighted by atomic mass is 16.2. The molecule has 1 saturated heterocycles. The van der Waals surface area contributed by atoms with Gasteiger partial charge in [0, 0.05) is 38.7 Å². The van der Waals surface area contributed by atoms with Crippen molar-refractivity contribution in [2.45, 2.75) is 53.4 Å². The number of hydrogen-bond acceptors (Lipinski definition) is 3. The number of hydrazone groups is 1. The van der Waals surface area contributed by atoms with Gasteiger partial charge in [-0.2, -0.15) is 5.10 Å². The maximum Gasteiger partial charge on any atom is 0.219 e. The van der Waals surface area contributed by atoms with Gasteiger partial charge in [0.15, 0.2) is 0 Å². The van der Waals surface area contributed by atoms with Crippen molar-refractivity contribution in [3.8, 4) is 0 Å². The van der Waals surface area contributed by atoms with Crippen LogP contribution in [0.5, 0.6) is 0 Å². The maximum atomic E-state index is 11.1. The Kier molecular flexibility index (Phi) is 14.8. The van der Waals surface area contributed by atoms with Gasteiger partial charge in [-0.05, 0) is 19.8 Å². The molecular weight excluding hydrogens is 250 g/mol. The summed E-state index contributed by atoms with van der Waals surface area (Å²) in [7, 11) is 1.81. The van der Waals surface area contributed by atoms with Crippen molar-refractivity contribution in [2.75, 3.05) is 20.1 Å². The summed E-state index contributed by atoms with van der Waals surface area (Å²) in [6.45, 7) is 15.8. The largest absolute Gasteiger partial charge is 0.343 e. The molecule has 0 saturated carbocycles. The molecule has 0 spiro atoms. The van der Waals surface area contributed by atoms with Crippen molar-refractivity contribution in [3.05, 3.63) is 13.2 Å². The Morgan fingerprint density at radius 1 is 1.20 bits per heavy atom. The lowest BCUT2D eigenvalue weighted by Crippen LogP contribution is -2.38. The van der Waals surface area contributed by atoms with E-state index in [4.69, 9.17) is 0 Å². The second-order valence-corrected chi connectivity index (χ2v) is 4.76. The van der Waals surface area contributed by atoms with E-state index < -0.39 is 0 Å². The third kappa shape index (κ3) is 9.59. The van der Waals surface area contributed by atoms with Crippen molar-refractivity contribution in [3.63, 3.8) is 0 Å². The van der Waals surface area contributed by atoms with Gasteiger partial charge in [-0.15, -0.1) is 13.2 Å². The summed E-state index contributed by atoms with van der Waals surface area (Å²) in [5.41, 5.74) is 3.95. The van der Waals surface area contributed by atoms with E-state index in [1.54, 1.807) is 6.92 Å². The molecule has 4 heteroatoms. The molecule has 0 unspecified atom stereocenters. The van der Waals surface area contributed by atoms with Crippen LogP contribution in [0.3, 0.4) is 0 Å². The molecule has 1 aliphatic heterocycles. The maximum absolute atomic E-state index is 11.1. The molecule has 1 fully saturated rings. The fourth-order valence-corrected chi connectivity index (χ4v) is 1.88. The minimum Gasteiger partial charge on any atom is -0.343 e. The lowest BCUT2D eigenvalue weighted by atomic mass is 9.93. The van der Waals surface area contributed by atoms with Crippen molar-refractivity contribution >= 4 is 11.6 Å². The van der Waals surface area contributed by atoms with E-state index in [0.29, 0.717) is 5.92 Å². The summed E-state index contributed by atoms with van der Waals surface area (Å²) in [4.78, 5) is 13.0. The Morgan fingerprint density at radius 2 is 1.65 bits per heavy atom. The predicted octanol–water partition coefficient (Wildman–Crippen LogP) is 3.45. The van der Waals surface area contributed by atoms with Gasteiger partial charge in [0.25, 0.3) is 0 Å². The zero-order valence-electron chi connectivity index (χ0n) is 14.0. The first-order valence-corrected chi connectivity index (χ1v) is 7.53. The predicted molar refractivity (Wildman–Crippen MR) is 89.0 cm³/mol. The van der Waals surface area contributed by atoms with Crippen LogP contribution < -0.4 is 5.43 Å². The first-order valence-electron chi connectivity index (χ1n) is 7.53. The summed E-state index contributed by atoms with van der Waals surface area (Å²) in [6.07, 6.45) is 4.72. The number of nitrogens with zero attached hydrogens (tertiary/aromatic N) is 2. The van der Waals surface area contributed by atoms with E-state index in [1.807, 2.05) is 18.9 Å². The number of carbonyl (C=O) groups is 1. The fourth-order valence-electron chi connectivity index (χ4n) is 1.88. The van der Waals surface area contributed by atoms with Gasteiger partial charge < -0.3 is 10.3 Å². The van der Waals surface area contributed by atoms with Crippen LogP contribution in [0.25, 0.3) is 0 Å². The first kappa shape index (κ1) is 21.0. The lowest BCUT2D eigenvalue weighted by molar-refractivity contribution is -0.129. The van der Waals surface area contributed by atoms with Crippen LogP contribution in [-0.4, -0.2) is 36.7 Å². The van der Waals surface area contributed by atoms with Crippen molar-refractivity contribution in [1.82, 2.24) is 10.3 Å². The molecule has 0 aromatic carbocycles. The third-order valence-corrected chi connectivity index (χ3v) is 3.32. The van der Waals surface area contributed by atoms with Crippen molar-refractivity contribution in [1.29, 1.82) is 0 Å². The highest BCUT2D eigenvalue weighted by molar-refractivity contribution is 5.84.